The summed E-state index contributed by atoms with van der Waals surface area (Å²) in [6.45, 7) is 3.94. The van der Waals surface area contributed by atoms with E-state index in [1.807, 2.05) is 24.6 Å². The molecule has 1 amide bonds. The summed E-state index contributed by atoms with van der Waals surface area (Å²) in [6.07, 6.45) is 4.77. The first-order valence-electron chi connectivity index (χ1n) is 8.94. The highest BCUT2D eigenvalue weighted by Crippen LogP contribution is 2.33. The lowest BCUT2D eigenvalue weighted by Gasteiger charge is -2.14. The van der Waals surface area contributed by atoms with Crippen LogP contribution in [0.5, 0.6) is 0 Å². The molecule has 0 unspecified atom stereocenters. The summed E-state index contributed by atoms with van der Waals surface area (Å²) in [5.74, 6) is -1.21. The predicted octanol–water partition coefficient (Wildman–Crippen LogP) is 2.97. The van der Waals surface area contributed by atoms with Crippen LogP contribution in [0.2, 0.25) is 0 Å². The van der Waals surface area contributed by atoms with Gasteiger partial charge in [0.15, 0.2) is 0 Å². The molecule has 0 radical (unpaired) electrons. The van der Waals surface area contributed by atoms with Crippen molar-refractivity contribution in [3.05, 3.63) is 59.2 Å². The number of hydrogen-bond acceptors (Lipinski definition) is 4. The highest BCUT2D eigenvalue weighted by molar-refractivity contribution is 8.00. The van der Waals surface area contributed by atoms with Crippen LogP contribution in [0, 0.1) is 19.7 Å². The Morgan fingerprint density at radius 1 is 1.25 bits per heavy atom. The molecule has 1 aromatic carbocycles. The van der Waals surface area contributed by atoms with Gasteiger partial charge in [0.2, 0.25) is 5.91 Å². The number of hydrogen-bond donors (Lipinski definition) is 2. The van der Waals surface area contributed by atoms with E-state index in [0.29, 0.717) is 0 Å². The highest BCUT2D eigenvalue weighted by atomic mass is 32.2. The standard InChI is InChI=1S/C20H22FN3O3S/c1-12-20(13(2)24(23-12)17-7-4-15(21)5-8-17)14-3-6-16(9-14)22-18(25)10-28-11-19(26)27/h3-8,14,16H,9-11H2,1-2H3,(H,22,25)(H,26,27)/t14-,16+/m0/s1. The Bertz CT molecular complexity index is 908. The topological polar surface area (TPSA) is 84.2 Å². The summed E-state index contributed by atoms with van der Waals surface area (Å²) in [5, 5.41) is 16.2. The molecule has 8 heteroatoms. The summed E-state index contributed by atoms with van der Waals surface area (Å²) in [4.78, 5) is 22.5. The Morgan fingerprint density at radius 3 is 2.64 bits per heavy atom. The third-order valence-electron chi connectivity index (χ3n) is 4.68. The van der Waals surface area contributed by atoms with Gasteiger partial charge in [-0.15, -0.1) is 11.8 Å². The van der Waals surface area contributed by atoms with Crippen LogP contribution in [0.1, 0.15) is 29.3 Å². The van der Waals surface area contributed by atoms with E-state index in [1.54, 1.807) is 12.1 Å². The van der Waals surface area contributed by atoms with E-state index in [-0.39, 0.29) is 35.2 Å². The van der Waals surface area contributed by atoms with Gasteiger partial charge in [0.1, 0.15) is 5.82 Å². The second-order valence-corrected chi connectivity index (χ2v) is 7.75. The number of amides is 1. The number of allylic oxidation sites excluding steroid dienone is 1. The molecule has 0 aliphatic heterocycles. The van der Waals surface area contributed by atoms with Crippen LogP contribution in [0.4, 0.5) is 4.39 Å². The molecule has 148 valence electrons. The van der Waals surface area contributed by atoms with Gasteiger partial charge in [0, 0.05) is 23.2 Å². The Labute approximate surface area is 166 Å². The molecule has 0 fully saturated rings. The lowest BCUT2D eigenvalue weighted by molar-refractivity contribution is -0.133. The van der Waals surface area contributed by atoms with Crippen molar-refractivity contribution in [2.45, 2.75) is 32.2 Å². The minimum Gasteiger partial charge on any atom is -0.481 e. The van der Waals surface area contributed by atoms with Crippen LogP contribution in [-0.4, -0.2) is 44.3 Å². The van der Waals surface area contributed by atoms with Crippen molar-refractivity contribution in [1.82, 2.24) is 15.1 Å². The average molecular weight is 403 g/mol. The fourth-order valence-electron chi connectivity index (χ4n) is 3.52. The number of aliphatic carboxylic acids is 1. The van der Waals surface area contributed by atoms with Crippen LogP contribution in [0.3, 0.4) is 0 Å². The lowest BCUT2D eigenvalue weighted by Crippen LogP contribution is -2.34. The van der Waals surface area contributed by atoms with Crippen molar-refractivity contribution in [2.24, 2.45) is 0 Å². The number of nitrogens with zero attached hydrogens (tertiary/aromatic N) is 2. The molecule has 1 aromatic heterocycles. The van der Waals surface area contributed by atoms with Gasteiger partial charge in [0.25, 0.3) is 0 Å². The third-order valence-corrected chi connectivity index (χ3v) is 5.60. The SMILES string of the molecule is Cc1nn(-c2ccc(F)cc2)c(C)c1[C@H]1C=C[C@@H](NC(=O)CSCC(=O)O)C1. The van der Waals surface area contributed by atoms with Gasteiger partial charge in [-0.2, -0.15) is 5.10 Å². The van der Waals surface area contributed by atoms with Crippen LogP contribution in [0.25, 0.3) is 5.69 Å². The summed E-state index contributed by atoms with van der Waals surface area (Å²) in [5.41, 5.74) is 3.80. The third kappa shape index (κ3) is 4.62. The quantitative estimate of drug-likeness (QED) is 0.695. The van der Waals surface area contributed by atoms with Crippen molar-refractivity contribution < 1.29 is 19.1 Å². The molecular weight excluding hydrogens is 381 g/mol. The van der Waals surface area contributed by atoms with Gasteiger partial charge in [0.05, 0.1) is 22.9 Å². The molecule has 28 heavy (non-hydrogen) atoms. The largest absolute Gasteiger partial charge is 0.481 e. The van der Waals surface area contributed by atoms with E-state index in [0.717, 1.165) is 40.8 Å². The number of thioether (sulfide) groups is 1. The number of halogens is 1. The van der Waals surface area contributed by atoms with Crippen molar-refractivity contribution in [3.8, 4) is 5.69 Å². The molecule has 0 bridgehead atoms. The molecule has 2 aromatic rings. The smallest absolute Gasteiger partial charge is 0.313 e. The van der Waals surface area contributed by atoms with E-state index >= 15 is 0 Å². The lowest BCUT2D eigenvalue weighted by atomic mass is 9.96. The molecule has 1 heterocycles. The number of nitrogens with one attached hydrogen (secondary N) is 1. The van der Waals surface area contributed by atoms with Gasteiger partial charge < -0.3 is 10.4 Å². The monoisotopic (exact) mass is 403 g/mol. The van der Waals surface area contributed by atoms with E-state index in [1.165, 1.54) is 12.1 Å². The van der Waals surface area contributed by atoms with Crippen molar-refractivity contribution in [2.75, 3.05) is 11.5 Å². The molecule has 3 rings (SSSR count). The number of carbonyl (C=O) groups excluding carboxylic acids is 1. The van der Waals surface area contributed by atoms with Crippen molar-refractivity contribution in [3.63, 3.8) is 0 Å². The van der Waals surface area contributed by atoms with Crippen LogP contribution in [0.15, 0.2) is 36.4 Å². The van der Waals surface area contributed by atoms with E-state index in [2.05, 4.69) is 16.5 Å². The fourth-order valence-corrected chi connectivity index (χ4v) is 4.07. The van der Waals surface area contributed by atoms with Gasteiger partial charge >= 0.3 is 5.97 Å². The molecule has 6 nitrogen and oxygen atoms in total. The van der Waals surface area contributed by atoms with Crippen molar-refractivity contribution >= 4 is 23.6 Å². The van der Waals surface area contributed by atoms with Gasteiger partial charge in [-0.1, -0.05) is 12.2 Å². The summed E-state index contributed by atoms with van der Waals surface area (Å²) >= 11 is 1.08. The Balaban J connectivity index is 1.66. The summed E-state index contributed by atoms with van der Waals surface area (Å²) in [7, 11) is 0. The highest BCUT2D eigenvalue weighted by Gasteiger charge is 2.27. The molecular formula is C20H22FN3O3S. The normalized spacial score (nSPS) is 18.4. The molecule has 1 aliphatic rings. The second kappa shape index (κ2) is 8.60. The Hall–Kier alpha value is -2.61. The zero-order chi connectivity index (χ0) is 20.3. The predicted molar refractivity (Wildman–Crippen MR) is 106 cm³/mol. The molecule has 2 N–H and O–H groups in total. The average Bonchev–Trinajstić information content (AvgIpc) is 3.19. The Kier molecular flexibility index (Phi) is 6.18. The fraction of sp³-hybridized carbons (Fsp3) is 0.350. The maximum absolute atomic E-state index is 13.2. The molecule has 1 aliphatic carbocycles. The minimum absolute atomic E-state index is 0.0858. The first-order chi connectivity index (χ1) is 13.3. The van der Waals surface area contributed by atoms with Crippen LogP contribution < -0.4 is 5.32 Å². The zero-order valence-electron chi connectivity index (χ0n) is 15.7. The van der Waals surface area contributed by atoms with Crippen molar-refractivity contribution in [1.29, 1.82) is 0 Å². The van der Waals surface area contributed by atoms with Crippen LogP contribution >= 0.6 is 11.8 Å². The summed E-state index contributed by atoms with van der Waals surface area (Å²) in [6, 6.07) is 6.13. The van der Waals surface area contributed by atoms with Crippen LogP contribution in [-0.2, 0) is 9.59 Å². The van der Waals surface area contributed by atoms with Gasteiger partial charge in [-0.05, 0) is 44.5 Å². The maximum Gasteiger partial charge on any atom is 0.313 e. The molecule has 0 spiro atoms. The first-order valence-corrected chi connectivity index (χ1v) is 10.1. The van der Waals surface area contributed by atoms with Gasteiger partial charge in [-0.3, -0.25) is 9.59 Å². The number of carbonyl (C=O) groups is 2. The number of rotatable bonds is 7. The number of benzene rings is 1. The number of carboxylic acids is 1. The van der Waals surface area contributed by atoms with Gasteiger partial charge in [-0.25, -0.2) is 9.07 Å². The zero-order valence-corrected chi connectivity index (χ0v) is 16.5. The molecule has 0 saturated heterocycles. The number of carboxylic acid groups (broad SMARTS) is 1. The minimum atomic E-state index is -0.928. The summed E-state index contributed by atoms with van der Waals surface area (Å²) < 4.78 is 15.0. The van der Waals surface area contributed by atoms with E-state index in [9.17, 15) is 14.0 Å². The Morgan fingerprint density at radius 2 is 1.96 bits per heavy atom. The van der Waals surface area contributed by atoms with E-state index in [4.69, 9.17) is 5.11 Å². The molecule has 0 saturated carbocycles. The first kappa shape index (κ1) is 20.1. The maximum atomic E-state index is 13.2. The van der Waals surface area contributed by atoms with E-state index < -0.39 is 5.97 Å². The number of aromatic nitrogens is 2. The second-order valence-electron chi connectivity index (χ2n) is 6.76. The number of aryl methyl sites for hydroxylation is 1. The molecule has 2 atom stereocenters.